The average molecular weight is 599 g/mol. The lowest BCUT2D eigenvalue weighted by molar-refractivity contribution is -0.384. The number of amidine groups is 1. The highest BCUT2D eigenvalue weighted by Crippen LogP contribution is 2.43. The molecule has 1 atom stereocenters. The van der Waals surface area contributed by atoms with Crippen LogP contribution in [-0.2, 0) is 0 Å². The number of carbonyl (C=O) groups is 1. The number of rotatable bonds is 5. The molecule has 3 aromatic carbocycles. The summed E-state index contributed by atoms with van der Waals surface area (Å²) in [5, 5.41) is 21.0. The largest absolute Gasteiger partial charge is 0.277 e. The summed E-state index contributed by atoms with van der Waals surface area (Å²) in [6.07, 6.45) is 0. The van der Waals surface area contributed by atoms with Crippen molar-refractivity contribution in [1.29, 1.82) is 0 Å². The number of nitro benzene ring substituents is 1. The third kappa shape index (κ3) is 4.49. The van der Waals surface area contributed by atoms with Crippen molar-refractivity contribution in [2.45, 2.75) is 4.05 Å². The Labute approximate surface area is 218 Å². The number of halogens is 2. The van der Waals surface area contributed by atoms with Crippen molar-refractivity contribution in [2.24, 2.45) is 4.99 Å². The Hall–Kier alpha value is -3.77. The zero-order valence-electron chi connectivity index (χ0n) is 17.9. The van der Waals surface area contributed by atoms with Gasteiger partial charge in [0.15, 0.2) is 5.84 Å². The Bertz CT molecular complexity index is 1460. The van der Waals surface area contributed by atoms with Crippen LogP contribution in [0.25, 0.3) is 11.3 Å². The first-order chi connectivity index (χ1) is 16.9. The highest BCUT2D eigenvalue weighted by Gasteiger charge is 2.34. The number of aliphatic imine (C=N–C) groups is 1. The van der Waals surface area contributed by atoms with Gasteiger partial charge in [0, 0.05) is 33.8 Å². The first-order valence-corrected chi connectivity index (χ1v) is 12.0. The second-order valence-electron chi connectivity index (χ2n) is 7.60. The zero-order valence-corrected chi connectivity index (χ0v) is 20.8. The minimum absolute atomic E-state index is 0.0829. The Balaban J connectivity index is 1.61. The molecule has 11 heteroatoms. The Morgan fingerprint density at radius 3 is 2.49 bits per heavy atom. The van der Waals surface area contributed by atoms with Crippen molar-refractivity contribution in [3.63, 3.8) is 0 Å². The van der Waals surface area contributed by atoms with Crippen LogP contribution in [0.2, 0.25) is 5.02 Å². The van der Waals surface area contributed by atoms with Crippen molar-refractivity contribution in [1.82, 2.24) is 20.6 Å². The van der Waals surface area contributed by atoms with Gasteiger partial charge < -0.3 is 0 Å². The lowest BCUT2D eigenvalue weighted by atomic mass is 10.1. The summed E-state index contributed by atoms with van der Waals surface area (Å²) in [4.78, 5) is 28.9. The number of aromatic amines is 1. The minimum atomic E-state index is -0.469. The van der Waals surface area contributed by atoms with Crippen LogP contribution in [0.1, 0.15) is 25.7 Å². The molecule has 0 bridgehead atoms. The number of non-ortho nitro benzene ring substituents is 1. The molecule has 0 spiro atoms. The molecule has 1 aliphatic rings. The predicted octanol–water partition coefficient (Wildman–Crippen LogP) is 5.81. The number of nitro groups is 1. The number of nitrogens with zero attached hydrogens (tertiary/aromatic N) is 4. The van der Waals surface area contributed by atoms with Crippen molar-refractivity contribution >= 4 is 57.3 Å². The molecule has 0 aliphatic carbocycles. The molecule has 0 radical (unpaired) electrons. The summed E-state index contributed by atoms with van der Waals surface area (Å²) in [6, 6.07) is 22.2. The van der Waals surface area contributed by atoms with E-state index in [1.807, 2.05) is 30.3 Å². The van der Waals surface area contributed by atoms with Gasteiger partial charge in [-0.3, -0.25) is 25.4 Å². The van der Waals surface area contributed by atoms with Crippen LogP contribution in [0.5, 0.6) is 0 Å². The van der Waals surface area contributed by atoms with E-state index in [1.165, 1.54) is 12.1 Å². The molecular weight excluding hydrogens is 583 g/mol. The summed E-state index contributed by atoms with van der Waals surface area (Å²) < 4.78 is -0.435. The highest BCUT2D eigenvalue weighted by molar-refractivity contribution is 14.1. The van der Waals surface area contributed by atoms with Gasteiger partial charge in [0.25, 0.3) is 11.6 Å². The number of hydrogen-bond acceptors (Lipinski definition) is 6. The number of H-pyrrole nitrogens is 1. The van der Waals surface area contributed by atoms with Gasteiger partial charge in [-0.1, -0.05) is 54.1 Å². The van der Waals surface area contributed by atoms with E-state index in [2.05, 4.69) is 38.2 Å². The molecular formula is C24H16ClIN6O3. The van der Waals surface area contributed by atoms with Crippen molar-refractivity contribution in [3.8, 4) is 11.3 Å². The van der Waals surface area contributed by atoms with E-state index in [4.69, 9.17) is 16.6 Å². The monoisotopic (exact) mass is 598 g/mol. The SMILES string of the molecule is O=C(NN1C(c2cccc([N+](=O)[O-])c2)=Nc2c(-c3ccccc3)n[nH]c2C1I)c1ccc(Cl)cc1. The fourth-order valence-corrected chi connectivity index (χ4v) is 4.63. The molecule has 0 saturated carbocycles. The summed E-state index contributed by atoms with van der Waals surface area (Å²) >= 11 is 8.12. The standard InChI is InChI=1S/C24H16ClIN6O3/c25-17-11-9-15(10-12-17)24(33)30-31-22(26)21-20(19(28-29-21)14-5-2-1-3-6-14)27-23(31)16-7-4-8-18(13-16)32(34)35/h1-13,22H,(H,28,29)(H,30,33). The number of aromatic nitrogens is 2. The molecule has 0 saturated heterocycles. The van der Waals surface area contributed by atoms with E-state index in [0.717, 1.165) is 5.56 Å². The maximum absolute atomic E-state index is 13.1. The molecule has 4 aromatic rings. The molecule has 1 aliphatic heterocycles. The maximum Gasteiger partial charge on any atom is 0.270 e. The fourth-order valence-electron chi connectivity index (χ4n) is 3.67. The van der Waals surface area contributed by atoms with Crippen LogP contribution < -0.4 is 5.43 Å². The van der Waals surface area contributed by atoms with E-state index < -0.39 is 8.97 Å². The Morgan fingerprint density at radius 1 is 1.06 bits per heavy atom. The number of amides is 1. The molecule has 9 nitrogen and oxygen atoms in total. The first-order valence-electron chi connectivity index (χ1n) is 10.4. The molecule has 174 valence electrons. The highest BCUT2D eigenvalue weighted by atomic mass is 127. The molecule has 2 N–H and O–H groups in total. The van der Waals surface area contributed by atoms with E-state index >= 15 is 0 Å². The number of carbonyl (C=O) groups excluding carboxylic acids is 1. The molecule has 1 amide bonds. The van der Waals surface area contributed by atoms with E-state index in [9.17, 15) is 14.9 Å². The van der Waals surface area contributed by atoms with Gasteiger partial charge in [-0.25, -0.2) is 10.0 Å². The van der Waals surface area contributed by atoms with Gasteiger partial charge in [0.2, 0.25) is 0 Å². The summed E-state index contributed by atoms with van der Waals surface area (Å²) in [5.74, 6) is -0.0331. The molecule has 2 heterocycles. The minimum Gasteiger partial charge on any atom is -0.277 e. The lowest BCUT2D eigenvalue weighted by Crippen LogP contribution is -2.48. The van der Waals surface area contributed by atoms with Crippen LogP contribution >= 0.6 is 34.2 Å². The molecule has 1 unspecified atom stereocenters. The topological polar surface area (TPSA) is 117 Å². The summed E-state index contributed by atoms with van der Waals surface area (Å²) in [7, 11) is 0. The summed E-state index contributed by atoms with van der Waals surface area (Å²) in [5.41, 5.74) is 6.49. The zero-order chi connectivity index (χ0) is 24.5. The van der Waals surface area contributed by atoms with E-state index in [-0.39, 0.29) is 11.6 Å². The molecule has 1 aromatic heterocycles. The van der Waals surface area contributed by atoms with E-state index in [1.54, 1.807) is 41.4 Å². The second-order valence-corrected chi connectivity index (χ2v) is 9.21. The molecule has 5 rings (SSSR count). The maximum atomic E-state index is 13.1. The van der Waals surface area contributed by atoms with Crippen molar-refractivity contribution in [2.75, 3.05) is 0 Å². The van der Waals surface area contributed by atoms with Gasteiger partial charge in [0.05, 0.1) is 10.6 Å². The van der Waals surface area contributed by atoms with Crippen LogP contribution in [0.15, 0.2) is 83.9 Å². The van der Waals surface area contributed by atoms with Crippen LogP contribution in [0.3, 0.4) is 0 Å². The Kier molecular flexibility index (Phi) is 6.22. The Morgan fingerprint density at radius 2 is 1.77 bits per heavy atom. The van der Waals surface area contributed by atoms with Crippen LogP contribution in [0, 0.1) is 10.1 Å². The van der Waals surface area contributed by atoms with Gasteiger partial charge in [-0.05, 0) is 46.9 Å². The normalized spacial score (nSPS) is 14.7. The number of fused-ring (bicyclic) bond motifs is 1. The third-order valence-corrected chi connectivity index (χ3v) is 6.80. The van der Waals surface area contributed by atoms with Crippen LogP contribution in [0.4, 0.5) is 11.4 Å². The van der Waals surface area contributed by atoms with Gasteiger partial charge >= 0.3 is 0 Å². The molecule has 35 heavy (non-hydrogen) atoms. The molecule has 0 fully saturated rings. The summed E-state index contributed by atoms with van der Waals surface area (Å²) in [6.45, 7) is 0. The number of nitrogens with one attached hydrogen (secondary N) is 2. The van der Waals surface area contributed by atoms with E-state index in [0.29, 0.717) is 39.1 Å². The van der Waals surface area contributed by atoms with Gasteiger partial charge in [-0.2, -0.15) is 5.10 Å². The second kappa shape index (κ2) is 9.47. The third-order valence-electron chi connectivity index (χ3n) is 5.37. The first kappa shape index (κ1) is 23.0. The predicted molar refractivity (Wildman–Crippen MR) is 141 cm³/mol. The van der Waals surface area contributed by atoms with Crippen molar-refractivity contribution in [3.05, 3.63) is 111 Å². The number of hydrogen-bond donors (Lipinski definition) is 2. The smallest absolute Gasteiger partial charge is 0.270 e. The lowest BCUT2D eigenvalue weighted by Gasteiger charge is -2.33. The van der Waals surface area contributed by atoms with Gasteiger partial charge in [-0.15, -0.1) is 0 Å². The van der Waals surface area contributed by atoms with Crippen molar-refractivity contribution < 1.29 is 9.72 Å². The number of hydrazine groups is 1. The quantitative estimate of drug-likeness (QED) is 0.0989. The average Bonchev–Trinajstić information content (AvgIpc) is 3.31. The number of alkyl halides is 1. The fraction of sp³-hybridized carbons (Fsp3) is 0.0417. The van der Waals surface area contributed by atoms with Gasteiger partial charge in [0.1, 0.15) is 15.4 Å². The van der Waals surface area contributed by atoms with Crippen LogP contribution in [-0.4, -0.2) is 31.9 Å². The number of benzene rings is 3.